The average molecular weight is 262 g/mol. The van der Waals surface area contributed by atoms with E-state index in [0.29, 0.717) is 5.02 Å². The number of nitrogens with one attached hydrogen (secondary N) is 1. The molecule has 0 atom stereocenters. The van der Waals surface area contributed by atoms with Gasteiger partial charge in [0, 0.05) is 11.1 Å². The molecule has 3 N–H and O–H groups in total. The number of hydrazine groups is 1. The Morgan fingerprint density at radius 1 is 1.28 bits per heavy atom. The van der Waals surface area contributed by atoms with Crippen LogP contribution in [0.3, 0.4) is 0 Å². The van der Waals surface area contributed by atoms with E-state index >= 15 is 0 Å². The van der Waals surface area contributed by atoms with Gasteiger partial charge in [-0.25, -0.2) is 0 Å². The number of nitrogen functional groups attached to an aromatic ring is 1. The van der Waals surface area contributed by atoms with Crippen LogP contribution in [0.15, 0.2) is 12.1 Å². The molecule has 0 spiro atoms. The largest absolute Gasteiger partial charge is 0.323 e. The molecule has 0 amide bonds. The molecular formula is C14H16ClN3. The first-order chi connectivity index (χ1) is 8.70. The van der Waals surface area contributed by atoms with Crippen molar-refractivity contribution in [2.75, 3.05) is 5.43 Å². The minimum atomic E-state index is 0.704. The Hall–Kier alpha value is -1.32. The van der Waals surface area contributed by atoms with Crippen molar-refractivity contribution in [2.45, 2.75) is 32.6 Å². The zero-order valence-corrected chi connectivity index (χ0v) is 11.1. The van der Waals surface area contributed by atoms with Crippen molar-refractivity contribution >= 4 is 28.2 Å². The zero-order valence-electron chi connectivity index (χ0n) is 10.4. The molecule has 1 heterocycles. The molecule has 3 nitrogen and oxygen atoms in total. The van der Waals surface area contributed by atoms with Crippen molar-refractivity contribution in [3.8, 4) is 0 Å². The highest BCUT2D eigenvalue weighted by Gasteiger charge is 2.18. The highest BCUT2D eigenvalue weighted by Crippen LogP contribution is 2.35. The Bertz CT molecular complexity index is 622. The maximum atomic E-state index is 6.30. The van der Waals surface area contributed by atoms with E-state index in [1.165, 1.54) is 18.4 Å². The van der Waals surface area contributed by atoms with Gasteiger partial charge in [-0.1, -0.05) is 11.6 Å². The number of nitrogens with zero attached hydrogens (tertiary/aromatic N) is 1. The van der Waals surface area contributed by atoms with Crippen molar-refractivity contribution in [3.63, 3.8) is 0 Å². The fourth-order valence-electron chi connectivity index (χ4n) is 2.78. The van der Waals surface area contributed by atoms with Gasteiger partial charge in [0.1, 0.15) is 0 Å². The molecule has 4 heteroatoms. The van der Waals surface area contributed by atoms with Crippen LogP contribution < -0.4 is 11.3 Å². The first kappa shape index (κ1) is 11.8. The number of rotatable bonds is 1. The summed E-state index contributed by atoms with van der Waals surface area (Å²) in [6.45, 7) is 2.03. The molecular weight excluding hydrogens is 246 g/mol. The van der Waals surface area contributed by atoms with E-state index in [-0.39, 0.29) is 0 Å². The number of benzene rings is 1. The second-order valence-corrected chi connectivity index (χ2v) is 5.31. The average Bonchev–Trinajstić information content (AvgIpc) is 2.36. The monoisotopic (exact) mass is 261 g/mol. The van der Waals surface area contributed by atoms with E-state index in [4.69, 9.17) is 22.4 Å². The van der Waals surface area contributed by atoms with Crippen LogP contribution in [0.1, 0.15) is 29.7 Å². The lowest BCUT2D eigenvalue weighted by molar-refractivity contribution is 0.672. The van der Waals surface area contributed by atoms with Crippen LogP contribution >= 0.6 is 11.6 Å². The van der Waals surface area contributed by atoms with Gasteiger partial charge in [-0.3, -0.25) is 10.8 Å². The normalized spacial score (nSPS) is 14.6. The minimum absolute atomic E-state index is 0.704. The van der Waals surface area contributed by atoms with E-state index in [0.717, 1.165) is 40.7 Å². The van der Waals surface area contributed by atoms with Crippen molar-refractivity contribution in [1.82, 2.24) is 4.98 Å². The first-order valence-electron chi connectivity index (χ1n) is 6.29. The predicted octanol–water partition coefficient (Wildman–Crippen LogP) is 3.36. The maximum Gasteiger partial charge on any atom is 0.0913 e. The summed E-state index contributed by atoms with van der Waals surface area (Å²) in [6.07, 6.45) is 4.46. The Labute approximate surface area is 111 Å². The SMILES string of the molecule is Cc1cc(Cl)c2nc3c(c(NN)c2c1)CCCC3. The van der Waals surface area contributed by atoms with Crippen molar-refractivity contribution in [2.24, 2.45) is 5.84 Å². The Morgan fingerprint density at radius 3 is 2.83 bits per heavy atom. The van der Waals surface area contributed by atoms with E-state index in [1.807, 2.05) is 13.0 Å². The van der Waals surface area contributed by atoms with Crippen LogP contribution in [0.4, 0.5) is 5.69 Å². The van der Waals surface area contributed by atoms with Gasteiger partial charge in [0.05, 0.1) is 16.2 Å². The first-order valence-corrected chi connectivity index (χ1v) is 6.66. The highest BCUT2D eigenvalue weighted by atomic mass is 35.5. The molecule has 2 aromatic rings. The molecule has 0 saturated heterocycles. The molecule has 1 aliphatic carbocycles. The number of aryl methyl sites for hydroxylation is 2. The van der Waals surface area contributed by atoms with Crippen LogP contribution in [0.2, 0.25) is 5.02 Å². The van der Waals surface area contributed by atoms with Gasteiger partial charge < -0.3 is 5.43 Å². The number of pyridine rings is 1. The number of hydrogen-bond acceptors (Lipinski definition) is 3. The van der Waals surface area contributed by atoms with Crippen LogP contribution in [0, 0.1) is 6.92 Å². The van der Waals surface area contributed by atoms with Crippen molar-refractivity contribution in [3.05, 3.63) is 34.0 Å². The molecule has 1 aliphatic rings. The lowest BCUT2D eigenvalue weighted by atomic mass is 9.92. The molecule has 3 rings (SSSR count). The summed E-state index contributed by atoms with van der Waals surface area (Å²) in [5.41, 5.74) is 8.25. The maximum absolute atomic E-state index is 6.30. The van der Waals surface area contributed by atoms with Crippen molar-refractivity contribution in [1.29, 1.82) is 0 Å². The second-order valence-electron chi connectivity index (χ2n) is 4.91. The molecule has 0 saturated carbocycles. The predicted molar refractivity (Wildman–Crippen MR) is 75.9 cm³/mol. The second kappa shape index (κ2) is 4.41. The Kier molecular flexibility index (Phi) is 2.88. The fraction of sp³-hybridized carbons (Fsp3) is 0.357. The third-order valence-corrected chi connectivity index (χ3v) is 3.90. The number of halogens is 1. The van der Waals surface area contributed by atoms with E-state index < -0.39 is 0 Å². The summed E-state index contributed by atoms with van der Waals surface area (Å²) >= 11 is 6.30. The molecule has 0 aliphatic heterocycles. The fourth-order valence-corrected chi connectivity index (χ4v) is 3.10. The number of fused-ring (bicyclic) bond motifs is 2. The van der Waals surface area contributed by atoms with Crippen molar-refractivity contribution < 1.29 is 0 Å². The molecule has 0 bridgehead atoms. The summed E-state index contributed by atoms with van der Waals surface area (Å²) in [6, 6.07) is 4.05. The molecule has 0 radical (unpaired) electrons. The zero-order chi connectivity index (χ0) is 12.7. The molecule has 94 valence electrons. The van der Waals surface area contributed by atoms with E-state index in [9.17, 15) is 0 Å². The van der Waals surface area contributed by atoms with Gasteiger partial charge in [0.25, 0.3) is 0 Å². The van der Waals surface area contributed by atoms with E-state index in [2.05, 4.69) is 11.5 Å². The molecule has 18 heavy (non-hydrogen) atoms. The lowest BCUT2D eigenvalue weighted by Crippen LogP contribution is -2.15. The lowest BCUT2D eigenvalue weighted by Gasteiger charge is -2.20. The van der Waals surface area contributed by atoms with Gasteiger partial charge in [0.2, 0.25) is 0 Å². The number of aromatic nitrogens is 1. The smallest absolute Gasteiger partial charge is 0.0913 e. The van der Waals surface area contributed by atoms with Crippen LogP contribution in [-0.4, -0.2) is 4.98 Å². The minimum Gasteiger partial charge on any atom is -0.323 e. The highest BCUT2D eigenvalue weighted by molar-refractivity contribution is 6.35. The summed E-state index contributed by atoms with van der Waals surface area (Å²) < 4.78 is 0. The standard InChI is InChI=1S/C14H16ClN3/c1-8-6-10-13(18-16)9-4-2-3-5-12(9)17-14(10)11(15)7-8/h6-7H,2-5,16H2,1H3,(H,17,18). The quantitative estimate of drug-likeness (QED) is 0.611. The number of anilines is 1. The molecule has 1 aromatic carbocycles. The summed E-state index contributed by atoms with van der Waals surface area (Å²) in [4.78, 5) is 4.74. The number of hydrogen-bond donors (Lipinski definition) is 2. The Morgan fingerprint density at radius 2 is 2.06 bits per heavy atom. The van der Waals surface area contributed by atoms with Gasteiger partial charge >= 0.3 is 0 Å². The van der Waals surface area contributed by atoms with Crippen LogP contribution in [0.5, 0.6) is 0 Å². The Balaban J connectivity index is 2.40. The third-order valence-electron chi connectivity index (χ3n) is 3.61. The summed E-state index contributed by atoms with van der Waals surface area (Å²) in [5.74, 6) is 5.72. The van der Waals surface area contributed by atoms with Gasteiger partial charge in [-0.2, -0.15) is 0 Å². The van der Waals surface area contributed by atoms with Gasteiger partial charge in [0.15, 0.2) is 0 Å². The topological polar surface area (TPSA) is 50.9 Å². The number of nitrogens with two attached hydrogens (primary N) is 1. The molecule has 0 fully saturated rings. The molecule has 0 unspecified atom stereocenters. The third kappa shape index (κ3) is 1.74. The summed E-state index contributed by atoms with van der Waals surface area (Å²) in [5, 5.41) is 1.73. The van der Waals surface area contributed by atoms with Crippen LogP contribution in [0.25, 0.3) is 10.9 Å². The van der Waals surface area contributed by atoms with E-state index in [1.54, 1.807) is 0 Å². The van der Waals surface area contributed by atoms with Gasteiger partial charge in [-0.05, 0) is 55.9 Å². The molecule has 1 aromatic heterocycles. The summed E-state index contributed by atoms with van der Waals surface area (Å²) in [7, 11) is 0. The van der Waals surface area contributed by atoms with Gasteiger partial charge in [-0.15, -0.1) is 0 Å². The van der Waals surface area contributed by atoms with Crippen LogP contribution in [-0.2, 0) is 12.8 Å².